The van der Waals surface area contributed by atoms with Gasteiger partial charge in [-0.05, 0) is 11.6 Å². The number of aliphatic imine (C=N–C) groups is 1. The summed E-state index contributed by atoms with van der Waals surface area (Å²) < 4.78 is 0. The second-order valence-electron chi connectivity index (χ2n) is 3.68. The highest BCUT2D eigenvalue weighted by atomic mass is 16.1. The van der Waals surface area contributed by atoms with E-state index in [1.165, 1.54) is 10.9 Å². The van der Waals surface area contributed by atoms with E-state index in [9.17, 15) is 4.79 Å². The van der Waals surface area contributed by atoms with Gasteiger partial charge in [0.05, 0.1) is 5.69 Å². The van der Waals surface area contributed by atoms with E-state index in [1.807, 2.05) is 24.5 Å². The van der Waals surface area contributed by atoms with Gasteiger partial charge in [0.2, 0.25) is 6.29 Å². The van der Waals surface area contributed by atoms with Crippen molar-refractivity contribution in [2.75, 3.05) is 0 Å². The zero-order valence-electron chi connectivity index (χ0n) is 8.03. The van der Waals surface area contributed by atoms with Crippen LogP contribution in [-0.4, -0.2) is 23.5 Å². The molecule has 1 atom stereocenters. The summed E-state index contributed by atoms with van der Waals surface area (Å²) in [5.41, 5.74) is 3.29. The van der Waals surface area contributed by atoms with Gasteiger partial charge in [-0.25, -0.2) is 0 Å². The predicted octanol–water partition coefficient (Wildman–Crippen LogP) is 1.62. The molecule has 0 bridgehead atoms. The van der Waals surface area contributed by atoms with Gasteiger partial charge in [-0.15, -0.1) is 0 Å². The number of fused-ring (bicyclic) bond motifs is 3. The second-order valence-corrected chi connectivity index (χ2v) is 3.68. The number of hydrogen-bond acceptors (Lipinski definition) is 2. The van der Waals surface area contributed by atoms with Gasteiger partial charge >= 0.3 is 0 Å². The first kappa shape index (κ1) is 8.41. The summed E-state index contributed by atoms with van der Waals surface area (Å²) in [5.74, 6) is 0. The molecule has 0 amide bonds. The van der Waals surface area contributed by atoms with Crippen LogP contribution >= 0.6 is 0 Å². The maximum atomic E-state index is 10.6. The fourth-order valence-electron chi connectivity index (χ4n) is 2.03. The molecule has 3 rings (SSSR count). The molecule has 1 aliphatic rings. The molecule has 0 saturated carbocycles. The lowest BCUT2D eigenvalue weighted by Crippen LogP contribution is -2.15. The molecule has 1 unspecified atom stereocenters. The molecule has 2 aromatic rings. The SMILES string of the molecule is O=[C]C1Cc2c([nH]c3ccccc23)C=N1. The first-order chi connectivity index (χ1) is 7.38. The highest BCUT2D eigenvalue weighted by Crippen LogP contribution is 2.25. The Bertz CT molecular complexity index is 554. The van der Waals surface area contributed by atoms with Crippen molar-refractivity contribution in [1.29, 1.82) is 0 Å². The molecule has 2 heterocycles. The smallest absolute Gasteiger partial charge is 0.225 e. The molecule has 0 aliphatic carbocycles. The van der Waals surface area contributed by atoms with Crippen LogP contribution in [0.1, 0.15) is 11.3 Å². The van der Waals surface area contributed by atoms with Crippen LogP contribution in [0.25, 0.3) is 10.9 Å². The number of aromatic amines is 1. The Balaban J connectivity index is 2.24. The minimum atomic E-state index is -0.336. The van der Waals surface area contributed by atoms with Gasteiger partial charge in [-0.3, -0.25) is 9.79 Å². The van der Waals surface area contributed by atoms with Crippen LogP contribution in [0.4, 0.5) is 0 Å². The van der Waals surface area contributed by atoms with E-state index in [0.29, 0.717) is 6.42 Å². The molecule has 1 N–H and O–H groups in total. The average Bonchev–Trinajstić information content (AvgIpc) is 2.66. The number of nitrogens with one attached hydrogen (secondary N) is 1. The normalized spacial score (nSPS) is 19.1. The Kier molecular flexibility index (Phi) is 1.71. The van der Waals surface area contributed by atoms with Crippen LogP contribution in [0.2, 0.25) is 0 Å². The zero-order valence-corrected chi connectivity index (χ0v) is 8.03. The number of carbonyl (C=O) groups excluding carboxylic acids is 1. The van der Waals surface area contributed by atoms with Gasteiger partial charge in [-0.1, -0.05) is 18.2 Å². The van der Waals surface area contributed by atoms with Crippen LogP contribution in [-0.2, 0) is 11.2 Å². The lowest BCUT2D eigenvalue weighted by molar-refractivity contribution is 0.541. The Morgan fingerprint density at radius 1 is 1.40 bits per heavy atom. The Morgan fingerprint density at radius 2 is 2.27 bits per heavy atom. The molecule has 1 aromatic heterocycles. The third-order valence-corrected chi connectivity index (χ3v) is 2.76. The van der Waals surface area contributed by atoms with Gasteiger partial charge < -0.3 is 4.98 Å². The van der Waals surface area contributed by atoms with E-state index >= 15 is 0 Å². The molecule has 73 valence electrons. The molecular weight excluding hydrogens is 188 g/mol. The van der Waals surface area contributed by atoms with E-state index in [4.69, 9.17) is 0 Å². The van der Waals surface area contributed by atoms with Gasteiger partial charge in [0, 0.05) is 23.5 Å². The summed E-state index contributed by atoms with van der Waals surface area (Å²) in [7, 11) is 0. The molecule has 0 saturated heterocycles. The van der Waals surface area contributed by atoms with Crippen molar-refractivity contribution in [3.05, 3.63) is 35.5 Å². The highest BCUT2D eigenvalue weighted by molar-refractivity contribution is 5.95. The minimum absolute atomic E-state index is 0.336. The molecule has 3 nitrogen and oxygen atoms in total. The van der Waals surface area contributed by atoms with Gasteiger partial charge in [0.25, 0.3) is 0 Å². The Labute approximate surface area is 86.8 Å². The van der Waals surface area contributed by atoms with Crippen LogP contribution in [0, 0.1) is 0 Å². The van der Waals surface area contributed by atoms with Crippen LogP contribution in [0.3, 0.4) is 0 Å². The van der Waals surface area contributed by atoms with Crippen molar-refractivity contribution >= 4 is 23.4 Å². The largest absolute Gasteiger partial charge is 0.354 e. The zero-order chi connectivity index (χ0) is 10.3. The van der Waals surface area contributed by atoms with Crippen molar-refractivity contribution in [3.63, 3.8) is 0 Å². The standard InChI is InChI=1S/C12H9N2O/c15-7-8-5-10-9-3-1-2-4-11(9)14-12(10)6-13-8/h1-4,6,8,14H,5H2. The molecule has 1 aromatic carbocycles. The third kappa shape index (κ3) is 1.20. The lowest BCUT2D eigenvalue weighted by atomic mass is 10.0. The van der Waals surface area contributed by atoms with Crippen LogP contribution in [0.15, 0.2) is 29.3 Å². The summed E-state index contributed by atoms with van der Waals surface area (Å²) in [5, 5.41) is 1.18. The first-order valence-electron chi connectivity index (χ1n) is 4.89. The number of para-hydroxylation sites is 1. The summed E-state index contributed by atoms with van der Waals surface area (Å²) in [6, 6.07) is 7.75. The fourth-order valence-corrected chi connectivity index (χ4v) is 2.03. The Hall–Kier alpha value is -1.90. The quantitative estimate of drug-likeness (QED) is 0.741. The van der Waals surface area contributed by atoms with Gasteiger partial charge in [0.15, 0.2) is 0 Å². The van der Waals surface area contributed by atoms with Gasteiger partial charge in [0.1, 0.15) is 6.04 Å². The molecule has 1 aliphatic heterocycles. The molecule has 1 radical (unpaired) electrons. The topological polar surface area (TPSA) is 45.2 Å². The van der Waals surface area contributed by atoms with Crippen molar-refractivity contribution in [3.8, 4) is 0 Å². The van der Waals surface area contributed by atoms with Crippen molar-refractivity contribution in [2.24, 2.45) is 4.99 Å². The number of aromatic nitrogens is 1. The predicted molar refractivity (Wildman–Crippen MR) is 59.1 cm³/mol. The van der Waals surface area contributed by atoms with Crippen molar-refractivity contribution < 1.29 is 4.79 Å². The summed E-state index contributed by atoms with van der Waals surface area (Å²) in [4.78, 5) is 18.0. The fraction of sp³-hybridized carbons (Fsp3) is 0.167. The number of rotatable bonds is 1. The maximum Gasteiger partial charge on any atom is 0.225 e. The molecule has 15 heavy (non-hydrogen) atoms. The first-order valence-corrected chi connectivity index (χ1v) is 4.89. The minimum Gasteiger partial charge on any atom is -0.354 e. The number of benzene rings is 1. The molecule has 3 heteroatoms. The van der Waals surface area contributed by atoms with Gasteiger partial charge in [-0.2, -0.15) is 0 Å². The van der Waals surface area contributed by atoms with E-state index < -0.39 is 0 Å². The molecule has 0 fully saturated rings. The van der Waals surface area contributed by atoms with Crippen LogP contribution in [0.5, 0.6) is 0 Å². The molecular formula is C12H9N2O. The number of nitrogens with zero attached hydrogens (tertiary/aromatic N) is 1. The molecule has 0 spiro atoms. The number of hydrogen-bond donors (Lipinski definition) is 1. The highest BCUT2D eigenvalue weighted by Gasteiger charge is 2.18. The van der Waals surface area contributed by atoms with Crippen molar-refractivity contribution in [1.82, 2.24) is 4.98 Å². The summed E-state index contributed by atoms with van der Waals surface area (Å²) >= 11 is 0. The monoisotopic (exact) mass is 197 g/mol. The summed E-state index contributed by atoms with van der Waals surface area (Å²) in [6.45, 7) is 0. The lowest BCUT2D eigenvalue weighted by Gasteiger charge is -2.09. The van der Waals surface area contributed by atoms with E-state index in [0.717, 1.165) is 11.2 Å². The summed E-state index contributed by atoms with van der Waals surface area (Å²) in [6.07, 6.45) is 4.32. The Morgan fingerprint density at radius 3 is 3.13 bits per heavy atom. The maximum absolute atomic E-state index is 10.6. The van der Waals surface area contributed by atoms with Crippen LogP contribution < -0.4 is 0 Å². The average molecular weight is 197 g/mol. The third-order valence-electron chi connectivity index (χ3n) is 2.76. The number of H-pyrrole nitrogens is 1. The van der Waals surface area contributed by atoms with E-state index in [1.54, 1.807) is 6.21 Å². The van der Waals surface area contributed by atoms with E-state index in [2.05, 4.69) is 16.0 Å². The second kappa shape index (κ2) is 3.05. The van der Waals surface area contributed by atoms with Crippen molar-refractivity contribution in [2.45, 2.75) is 12.5 Å². The van der Waals surface area contributed by atoms with E-state index in [-0.39, 0.29) is 6.04 Å².